The number of ketones is 1. The number of hydrogen-bond donors (Lipinski definition) is 1. The van der Waals surface area contributed by atoms with Gasteiger partial charge in [-0.3, -0.25) is 29.6 Å². The lowest BCUT2D eigenvalue weighted by atomic mass is 9.96. The van der Waals surface area contributed by atoms with Crippen molar-refractivity contribution in [3.63, 3.8) is 0 Å². The normalized spacial score (nSPS) is 17.6. The number of anilines is 1. The van der Waals surface area contributed by atoms with Crippen LogP contribution in [-0.2, 0) is 9.59 Å². The number of pyridine rings is 1. The number of aliphatic hydroxyl groups excluding tert-OH is 1. The topological polar surface area (TPSA) is 114 Å². The Hall–Kier alpha value is -4.33. The molecule has 0 aliphatic carbocycles. The van der Waals surface area contributed by atoms with Crippen LogP contribution in [0.4, 0.5) is 11.4 Å². The van der Waals surface area contributed by atoms with Crippen molar-refractivity contribution < 1.29 is 19.6 Å². The summed E-state index contributed by atoms with van der Waals surface area (Å²) in [6.07, 6.45) is 3.11. The summed E-state index contributed by atoms with van der Waals surface area (Å²) in [6, 6.07) is 13.2. The van der Waals surface area contributed by atoms with Gasteiger partial charge in [-0.2, -0.15) is 0 Å². The van der Waals surface area contributed by atoms with Crippen molar-refractivity contribution in [2.75, 3.05) is 4.90 Å². The van der Waals surface area contributed by atoms with Gasteiger partial charge in [0.2, 0.25) is 0 Å². The summed E-state index contributed by atoms with van der Waals surface area (Å²) in [5, 5.41) is 22.0. The molecule has 1 aliphatic heterocycles. The monoisotopic (exact) mass is 429 g/mol. The van der Waals surface area contributed by atoms with Crippen molar-refractivity contribution in [1.29, 1.82) is 0 Å². The summed E-state index contributed by atoms with van der Waals surface area (Å²) < 4.78 is 0. The van der Waals surface area contributed by atoms with E-state index in [2.05, 4.69) is 4.98 Å². The Morgan fingerprint density at radius 2 is 1.72 bits per heavy atom. The molecule has 2 aromatic carbocycles. The molecule has 3 aromatic rings. The van der Waals surface area contributed by atoms with Crippen LogP contribution in [0.2, 0.25) is 0 Å². The highest BCUT2D eigenvalue weighted by atomic mass is 16.6. The summed E-state index contributed by atoms with van der Waals surface area (Å²) in [7, 11) is 0. The molecule has 1 N–H and O–H groups in total. The predicted octanol–water partition coefficient (Wildman–Crippen LogP) is 4.23. The van der Waals surface area contributed by atoms with Crippen LogP contribution in [0.3, 0.4) is 0 Å². The summed E-state index contributed by atoms with van der Waals surface area (Å²) in [5.74, 6) is -2.01. The fourth-order valence-electron chi connectivity index (χ4n) is 3.94. The van der Waals surface area contributed by atoms with E-state index >= 15 is 0 Å². The lowest BCUT2D eigenvalue weighted by Crippen LogP contribution is -2.29. The van der Waals surface area contributed by atoms with E-state index in [1.165, 1.54) is 35.4 Å². The van der Waals surface area contributed by atoms with Gasteiger partial charge in [0.1, 0.15) is 5.76 Å². The van der Waals surface area contributed by atoms with Crippen molar-refractivity contribution in [1.82, 2.24) is 4.98 Å². The Morgan fingerprint density at radius 3 is 2.28 bits per heavy atom. The molecule has 4 rings (SSSR count). The number of hydrogen-bond acceptors (Lipinski definition) is 6. The predicted molar refractivity (Wildman–Crippen MR) is 118 cm³/mol. The Kier molecular flexibility index (Phi) is 5.28. The van der Waals surface area contributed by atoms with Crippen molar-refractivity contribution in [3.05, 3.63) is 105 Å². The molecule has 2 heterocycles. The minimum absolute atomic E-state index is 0.101. The maximum Gasteiger partial charge on any atom is 0.300 e. The second kappa shape index (κ2) is 8.07. The molecule has 1 unspecified atom stereocenters. The molecule has 1 aromatic heterocycles. The Labute approximate surface area is 183 Å². The van der Waals surface area contributed by atoms with Crippen molar-refractivity contribution >= 4 is 28.8 Å². The highest BCUT2D eigenvalue weighted by Gasteiger charge is 2.47. The van der Waals surface area contributed by atoms with Gasteiger partial charge in [-0.15, -0.1) is 0 Å². The number of aliphatic hydroxyl groups is 1. The lowest BCUT2D eigenvalue weighted by Gasteiger charge is -2.25. The zero-order chi connectivity index (χ0) is 23.0. The van der Waals surface area contributed by atoms with Crippen LogP contribution < -0.4 is 4.90 Å². The van der Waals surface area contributed by atoms with Crippen LogP contribution in [0.15, 0.2) is 72.6 Å². The average Bonchev–Trinajstić information content (AvgIpc) is 3.04. The van der Waals surface area contributed by atoms with Crippen molar-refractivity contribution in [2.45, 2.75) is 19.9 Å². The highest BCUT2D eigenvalue weighted by molar-refractivity contribution is 6.51. The molecule has 1 aliphatic rings. The highest BCUT2D eigenvalue weighted by Crippen LogP contribution is 2.42. The standard InChI is InChI=1S/C24H19N3O5/c1-14-10-15(2)12-19(11-14)26-21(17-4-3-9-25-13-17)20(23(29)24(26)30)22(28)16-5-7-18(8-6-16)27(31)32/h3-13,21,28H,1-2H3/b22-20-. The van der Waals surface area contributed by atoms with Gasteiger partial charge in [0.05, 0.1) is 16.5 Å². The molecule has 0 bridgehead atoms. The SMILES string of the molecule is Cc1cc(C)cc(N2C(=O)C(=O)/C(=C(\O)c3ccc([N+](=O)[O-])cc3)C2c2cccnc2)c1. The van der Waals surface area contributed by atoms with E-state index in [0.29, 0.717) is 11.3 Å². The van der Waals surface area contributed by atoms with Gasteiger partial charge in [-0.25, -0.2) is 0 Å². The van der Waals surface area contributed by atoms with E-state index in [1.807, 2.05) is 19.9 Å². The third-order valence-corrected chi connectivity index (χ3v) is 5.28. The molecule has 160 valence electrons. The van der Waals surface area contributed by atoms with Gasteiger partial charge in [-0.1, -0.05) is 12.1 Å². The van der Waals surface area contributed by atoms with Crippen LogP contribution in [0, 0.1) is 24.0 Å². The van der Waals surface area contributed by atoms with E-state index in [-0.39, 0.29) is 16.8 Å². The fraction of sp³-hybridized carbons (Fsp3) is 0.125. The molecule has 8 heteroatoms. The number of rotatable bonds is 4. The molecule has 1 saturated heterocycles. The number of nitrogens with zero attached hydrogens (tertiary/aromatic N) is 3. The molecule has 1 atom stereocenters. The largest absolute Gasteiger partial charge is 0.507 e. The van der Waals surface area contributed by atoms with E-state index in [4.69, 9.17) is 0 Å². The van der Waals surface area contributed by atoms with Gasteiger partial charge in [-0.05, 0) is 60.9 Å². The van der Waals surface area contributed by atoms with E-state index in [9.17, 15) is 24.8 Å². The van der Waals surface area contributed by atoms with E-state index in [1.54, 1.807) is 30.5 Å². The molecule has 8 nitrogen and oxygen atoms in total. The number of nitro groups is 1. The Morgan fingerprint density at radius 1 is 1.06 bits per heavy atom. The third kappa shape index (κ3) is 3.62. The second-order valence-corrected chi connectivity index (χ2v) is 7.61. The first-order valence-electron chi connectivity index (χ1n) is 9.82. The molecule has 0 saturated carbocycles. The number of nitro benzene ring substituents is 1. The molecule has 32 heavy (non-hydrogen) atoms. The number of benzene rings is 2. The van der Waals surface area contributed by atoms with Crippen molar-refractivity contribution in [3.8, 4) is 0 Å². The summed E-state index contributed by atoms with van der Waals surface area (Å²) in [6.45, 7) is 3.78. The average molecular weight is 429 g/mol. The van der Waals surface area contributed by atoms with Gasteiger partial charge >= 0.3 is 0 Å². The maximum absolute atomic E-state index is 13.1. The molecule has 0 radical (unpaired) electrons. The second-order valence-electron chi connectivity index (χ2n) is 7.61. The first-order valence-corrected chi connectivity index (χ1v) is 9.82. The molecule has 0 spiro atoms. The smallest absolute Gasteiger partial charge is 0.300 e. The zero-order valence-electron chi connectivity index (χ0n) is 17.4. The quantitative estimate of drug-likeness (QED) is 0.218. The minimum atomic E-state index is -0.903. The number of aromatic nitrogens is 1. The summed E-state index contributed by atoms with van der Waals surface area (Å²) in [4.78, 5) is 42.1. The fourth-order valence-corrected chi connectivity index (χ4v) is 3.94. The molecular formula is C24H19N3O5. The number of carbonyl (C=O) groups is 2. The van der Waals surface area contributed by atoms with Crippen LogP contribution in [0.25, 0.3) is 5.76 Å². The molecule has 1 amide bonds. The Balaban J connectivity index is 1.92. The number of amides is 1. The number of non-ortho nitro benzene ring substituents is 1. The zero-order valence-corrected chi connectivity index (χ0v) is 17.4. The summed E-state index contributed by atoms with van der Waals surface area (Å²) >= 11 is 0. The van der Waals surface area contributed by atoms with Crippen LogP contribution >= 0.6 is 0 Å². The van der Waals surface area contributed by atoms with E-state index in [0.717, 1.165) is 11.1 Å². The lowest BCUT2D eigenvalue weighted by molar-refractivity contribution is -0.384. The number of Topliss-reactive ketones (excluding diaryl/α,β-unsaturated/α-hetero) is 1. The first-order chi connectivity index (χ1) is 15.3. The van der Waals surface area contributed by atoms with E-state index < -0.39 is 28.4 Å². The minimum Gasteiger partial charge on any atom is -0.507 e. The van der Waals surface area contributed by atoms with Crippen molar-refractivity contribution in [2.24, 2.45) is 0 Å². The van der Waals surface area contributed by atoms with Crippen LogP contribution in [0.5, 0.6) is 0 Å². The molecule has 1 fully saturated rings. The summed E-state index contributed by atoms with van der Waals surface area (Å²) in [5.41, 5.74) is 2.86. The maximum atomic E-state index is 13.1. The number of aryl methyl sites for hydroxylation is 2. The van der Waals surface area contributed by atoms with Gasteiger partial charge < -0.3 is 5.11 Å². The first kappa shape index (κ1) is 20.9. The van der Waals surface area contributed by atoms with Gasteiger partial charge in [0, 0.05) is 35.8 Å². The van der Waals surface area contributed by atoms with Crippen LogP contribution in [0.1, 0.15) is 28.3 Å². The number of carbonyl (C=O) groups excluding carboxylic acids is 2. The third-order valence-electron chi connectivity index (χ3n) is 5.28. The Bertz CT molecular complexity index is 1250. The van der Waals surface area contributed by atoms with Gasteiger partial charge in [0.15, 0.2) is 0 Å². The van der Waals surface area contributed by atoms with Crippen LogP contribution in [-0.4, -0.2) is 26.7 Å². The molecular weight excluding hydrogens is 410 g/mol. The van der Waals surface area contributed by atoms with Gasteiger partial charge in [0.25, 0.3) is 17.4 Å².